The summed E-state index contributed by atoms with van der Waals surface area (Å²) >= 11 is 6.86. The number of carbonyl (C=O) groups excluding carboxylic acids is 3. The number of ketones is 2. The molecule has 3 atom stereocenters. The van der Waals surface area contributed by atoms with Crippen LogP contribution in [-0.2, 0) is 33.8 Å². The van der Waals surface area contributed by atoms with Gasteiger partial charge >= 0.3 is 0 Å². The molecule has 210 valence electrons. The maximum Gasteiger partial charge on any atom is 0.255 e. The number of benzene rings is 2. The van der Waals surface area contributed by atoms with E-state index < -0.39 is 52.0 Å². The van der Waals surface area contributed by atoms with Crippen molar-refractivity contribution in [2.45, 2.75) is 44.8 Å². The highest BCUT2D eigenvalue weighted by Gasteiger charge is 2.60. The van der Waals surface area contributed by atoms with Gasteiger partial charge in [0.2, 0.25) is 5.78 Å². The Labute approximate surface area is 236 Å². The Kier molecular flexibility index (Phi) is 7.24. The maximum atomic E-state index is 13.6. The highest BCUT2D eigenvalue weighted by Crippen LogP contribution is 2.53. The number of amides is 1. The Morgan fingerprint density at radius 1 is 1.15 bits per heavy atom. The topological polar surface area (TPSA) is 161 Å². The van der Waals surface area contributed by atoms with Gasteiger partial charge in [-0.2, -0.15) is 0 Å². The summed E-state index contributed by atoms with van der Waals surface area (Å²) < 4.78 is 0. The molecule has 0 aromatic heterocycles. The summed E-state index contributed by atoms with van der Waals surface area (Å²) in [6.07, 6.45) is 0.698. The second kappa shape index (κ2) is 10.4. The molecule has 1 saturated carbocycles. The Morgan fingerprint density at radius 2 is 1.85 bits per heavy atom. The first-order valence-electron chi connectivity index (χ1n) is 13.3. The normalized spacial score (nSPS) is 24.2. The number of aromatic hydroxyl groups is 1. The monoisotopic (exact) mass is 566 g/mol. The van der Waals surface area contributed by atoms with Crippen molar-refractivity contribution in [1.29, 1.82) is 0 Å². The molecule has 3 aliphatic rings. The SMILES string of the molecule is CCN(CCc1ccccc1)Cc1cc(O)c2c(c1Cl)CC1C[C@H]3CC(=O)C(C(N)=O)=C(O)[C@@]3(O)C(=O)C1=C2O. The number of primary amides is 1. The number of aliphatic hydroxyl groups excluding tert-OH is 2. The van der Waals surface area contributed by atoms with Crippen molar-refractivity contribution in [2.75, 3.05) is 13.1 Å². The standard InChI is InChI=1S/C30H31ClN2O7/c1-2-33(9-8-15-6-4-3-5-7-15)14-17-12-20(34)23-19(25(17)31)11-16-10-18-13-21(35)24(29(32)39)28(38)30(18,40)27(37)22(16)26(23)36/h3-7,12,16,18,34,36,38,40H,2,8-11,13-14H2,1H3,(H2,32,39)/t16?,18-,30-/m0/s1. The third-order valence-corrected chi connectivity index (χ3v) is 8.94. The molecule has 0 bridgehead atoms. The Morgan fingerprint density at radius 3 is 2.50 bits per heavy atom. The quantitative estimate of drug-likeness (QED) is 0.319. The number of hydrogen-bond donors (Lipinski definition) is 5. The van der Waals surface area contributed by atoms with Crippen LogP contribution in [0.4, 0.5) is 0 Å². The number of aliphatic hydroxyl groups is 3. The van der Waals surface area contributed by atoms with Gasteiger partial charge in [-0.1, -0.05) is 48.9 Å². The molecule has 1 unspecified atom stereocenters. The molecule has 5 rings (SSSR count). The van der Waals surface area contributed by atoms with Gasteiger partial charge < -0.3 is 26.2 Å². The molecule has 9 nitrogen and oxygen atoms in total. The van der Waals surface area contributed by atoms with E-state index >= 15 is 0 Å². The number of phenols is 1. The molecule has 6 N–H and O–H groups in total. The van der Waals surface area contributed by atoms with Gasteiger partial charge in [0, 0.05) is 36.0 Å². The number of rotatable bonds is 7. The Balaban J connectivity index is 1.50. The zero-order chi connectivity index (χ0) is 28.9. The van der Waals surface area contributed by atoms with Gasteiger partial charge in [0.25, 0.3) is 5.91 Å². The molecule has 0 heterocycles. The summed E-state index contributed by atoms with van der Waals surface area (Å²) in [6.45, 7) is 3.99. The van der Waals surface area contributed by atoms with E-state index in [1.165, 1.54) is 11.6 Å². The molecule has 10 heteroatoms. The Hall–Kier alpha value is -3.66. The summed E-state index contributed by atoms with van der Waals surface area (Å²) in [6, 6.07) is 11.6. The lowest BCUT2D eigenvalue weighted by Crippen LogP contribution is -2.58. The highest BCUT2D eigenvalue weighted by atomic mass is 35.5. The summed E-state index contributed by atoms with van der Waals surface area (Å²) in [5.41, 5.74) is 3.98. The van der Waals surface area contributed by atoms with Gasteiger partial charge in [-0.25, -0.2) is 0 Å². The van der Waals surface area contributed by atoms with E-state index in [0.717, 1.165) is 19.5 Å². The molecule has 2 aromatic rings. The van der Waals surface area contributed by atoms with Crippen LogP contribution in [-0.4, -0.2) is 61.5 Å². The summed E-state index contributed by atoms with van der Waals surface area (Å²) in [5, 5.41) is 44.6. The van der Waals surface area contributed by atoms with Crippen molar-refractivity contribution in [3.8, 4) is 5.75 Å². The number of fused-ring (bicyclic) bond motifs is 3. The number of hydrogen-bond acceptors (Lipinski definition) is 8. The van der Waals surface area contributed by atoms with Gasteiger partial charge in [-0.3, -0.25) is 19.3 Å². The van der Waals surface area contributed by atoms with E-state index in [9.17, 15) is 34.8 Å². The third kappa shape index (κ3) is 4.38. The van der Waals surface area contributed by atoms with Crippen molar-refractivity contribution >= 4 is 34.8 Å². The van der Waals surface area contributed by atoms with Crippen molar-refractivity contribution < 1.29 is 34.8 Å². The largest absolute Gasteiger partial charge is 0.508 e. The molecule has 1 amide bonds. The fourth-order valence-electron chi connectivity index (χ4n) is 6.36. The molecular formula is C30H31ClN2O7. The first-order valence-corrected chi connectivity index (χ1v) is 13.6. The minimum atomic E-state index is -2.59. The number of nitrogens with zero attached hydrogens (tertiary/aromatic N) is 1. The fraction of sp³-hybridized carbons (Fsp3) is 0.367. The summed E-state index contributed by atoms with van der Waals surface area (Å²) in [5.74, 6) is -6.60. The summed E-state index contributed by atoms with van der Waals surface area (Å²) in [7, 11) is 0. The minimum absolute atomic E-state index is 0.00628. The molecular weight excluding hydrogens is 536 g/mol. The van der Waals surface area contributed by atoms with Crippen LogP contribution in [0.3, 0.4) is 0 Å². The first kappa shape index (κ1) is 27.9. The lowest BCUT2D eigenvalue weighted by atomic mass is 9.59. The average molecular weight is 567 g/mol. The number of phenolic OH excluding ortho intramolecular Hbond substituents is 1. The first-order chi connectivity index (χ1) is 19.0. The molecule has 0 spiro atoms. The lowest BCUT2D eigenvalue weighted by molar-refractivity contribution is -0.147. The predicted octanol–water partition coefficient (Wildman–Crippen LogP) is 3.14. The summed E-state index contributed by atoms with van der Waals surface area (Å²) in [4.78, 5) is 40.1. The zero-order valence-corrected chi connectivity index (χ0v) is 22.7. The molecule has 40 heavy (non-hydrogen) atoms. The molecule has 0 aliphatic heterocycles. The second-order valence-electron chi connectivity index (χ2n) is 10.7. The van der Waals surface area contributed by atoms with Gasteiger partial charge in [-0.05, 0) is 54.5 Å². The van der Waals surface area contributed by atoms with Crippen molar-refractivity contribution in [3.05, 3.63) is 80.6 Å². The zero-order valence-electron chi connectivity index (χ0n) is 22.0. The van der Waals surface area contributed by atoms with E-state index in [2.05, 4.69) is 17.0 Å². The van der Waals surface area contributed by atoms with Crippen LogP contribution >= 0.6 is 11.6 Å². The average Bonchev–Trinajstić information content (AvgIpc) is 2.91. The van der Waals surface area contributed by atoms with Gasteiger partial charge in [0.15, 0.2) is 11.4 Å². The molecule has 3 aliphatic carbocycles. The van der Waals surface area contributed by atoms with Crippen LogP contribution in [0.15, 0.2) is 53.3 Å². The highest BCUT2D eigenvalue weighted by molar-refractivity contribution is 6.32. The van der Waals surface area contributed by atoms with E-state index in [4.69, 9.17) is 17.3 Å². The number of halogens is 1. The smallest absolute Gasteiger partial charge is 0.255 e. The van der Waals surface area contributed by atoms with Crippen LogP contribution < -0.4 is 5.73 Å². The molecule has 2 aromatic carbocycles. The third-order valence-electron chi connectivity index (χ3n) is 8.47. The number of carbonyl (C=O) groups is 3. The van der Waals surface area contributed by atoms with Gasteiger partial charge in [-0.15, -0.1) is 0 Å². The molecule has 0 radical (unpaired) electrons. The van der Waals surface area contributed by atoms with Crippen molar-refractivity contribution in [2.24, 2.45) is 17.6 Å². The van der Waals surface area contributed by atoms with Crippen LogP contribution in [0.2, 0.25) is 5.02 Å². The molecule has 0 saturated heterocycles. The minimum Gasteiger partial charge on any atom is -0.508 e. The number of Topliss-reactive ketones (excluding diaryl/α,β-unsaturated/α-hetero) is 2. The van der Waals surface area contributed by atoms with Crippen LogP contribution in [0.25, 0.3) is 5.76 Å². The van der Waals surface area contributed by atoms with Crippen molar-refractivity contribution in [3.63, 3.8) is 0 Å². The lowest BCUT2D eigenvalue weighted by Gasteiger charge is -2.46. The fourth-order valence-corrected chi connectivity index (χ4v) is 6.65. The van der Waals surface area contributed by atoms with Crippen molar-refractivity contribution in [1.82, 2.24) is 4.90 Å². The van der Waals surface area contributed by atoms with E-state index in [-0.39, 0.29) is 36.1 Å². The Bertz CT molecular complexity index is 1480. The second-order valence-corrected chi connectivity index (χ2v) is 11.1. The van der Waals surface area contributed by atoms with Crippen LogP contribution in [0.1, 0.15) is 42.0 Å². The van der Waals surface area contributed by atoms with E-state index in [1.54, 1.807) is 0 Å². The predicted molar refractivity (Wildman–Crippen MR) is 147 cm³/mol. The van der Waals surface area contributed by atoms with Crippen LogP contribution in [0.5, 0.6) is 5.75 Å². The van der Waals surface area contributed by atoms with Crippen LogP contribution in [0, 0.1) is 11.8 Å². The number of likely N-dealkylation sites (N-methyl/N-ethyl adjacent to an activating group) is 1. The van der Waals surface area contributed by atoms with E-state index in [1.807, 2.05) is 25.1 Å². The molecule has 1 fully saturated rings. The number of nitrogens with two attached hydrogens (primary N) is 1. The van der Waals surface area contributed by atoms with Gasteiger partial charge in [0.1, 0.15) is 22.8 Å². The van der Waals surface area contributed by atoms with E-state index in [0.29, 0.717) is 22.7 Å². The maximum absolute atomic E-state index is 13.6. The van der Waals surface area contributed by atoms with Gasteiger partial charge in [0.05, 0.1) is 5.56 Å².